The molecule has 15 heavy (non-hydrogen) atoms. The Kier molecular flexibility index (Phi) is 4.78. The predicted octanol–water partition coefficient (Wildman–Crippen LogP) is 2.70. The lowest BCUT2D eigenvalue weighted by molar-refractivity contribution is 0.0582. The molecule has 0 aromatic carbocycles. The van der Waals surface area contributed by atoms with E-state index in [0.29, 0.717) is 11.8 Å². The number of phosphoric ester groups is 1. The van der Waals surface area contributed by atoms with Crippen LogP contribution in [0.2, 0.25) is 0 Å². The molecule has 0 aromatic heterocycles. The Morgan fingerprint density at radius 1 is 1.13 bits per heavy atom. The minimum atomic E-state index is -4.31. The second-order valence-electron chi connectivity index (χ2n) is 4.47. The lowest BCUT2D eigenvalue weighted by Crippen LogP contribution is -2.27. The smallest absolute Gasteiger partial charge is 0.303 e. The van der Waals surface area contributed by atoms with Gasteiger partial charge in [-0.05, 0) is 31.1 Å². The van der Waals surface area contributed by atoms with Gasteiger partial charge in [0.05, 0.1) is 6.10 Å². The molecule has 0 heterocycles. The summed E-state index contributed by atoms with van der Waals surface area (Å²) in [5.74, 6) is 1.11. The Balaban J connectivity index is 2.53. The number of hydrogen-bond donors (Lipinski definition) is 2. The summed E-state index contributed by atoms with van der Waals surface area (Å²) in [6.07, 6.45) is 4.63. The molecule has 0 aliphatic heterocycles. The fourth-order valence-corrected chi connectivity index (χ4v) is 3.01. The lowest BCUT2D eigenvalue weighted by atomic mass is 9.77. The van der Waals surface area contributed by atoms with Crippen molar-refractivity contribution in [2.24, 2.45) is 11.8 Å². The van der Waals surface area contributed by atoms with Crippen molar-refractivity contribution in [2.45, 2.75) is 52.1 Å². The van der Waals surface area contributed by atoms with Gasteiger partial charge in [0.25, 0.3) is 0 Å². The number of phosphoric acid groups is 1. The van der Waals surface area contributed by atoms with Gasteiger partial charge in [0.15, 0.2) is 0 Å². The topological polar surface area (TPSA) is 66.8 Å². The monoisotopic (exact) mass is 236 g/mol. The van der Waals surface area contributed by atoms with Crippen LogP contribution in [0, 0.1) is 11.8 Å². The second-order valence-corrected chi connectivity index (χ2v) is 5.67. The maximum atomic E-state index is 10.8. The van der Waals surface area contributed by atoms with E-state index in [2.05, 4.69) is 13.8 Å². The Hall–Kier alpha value is 0.110. The third-order valence-electron chi connectivity index (χ3n) is 3.30. The maximum Gasteiger partial charge on any atom is 0.469 e. The Labute approximate surface area is 91.3 Å². The standard InChI is InChI=1S/C10H21O4P/c1-3-8-5-9(4-2)7-10(6-8)14-15(11,12)13/h8-10H,3-7H2,1-2H3,(H2,11,12,13)/t8-,9+,10-. The van der Waals surface area contributed by atoms with Gasteiger partial charge in [-0.25, -0.2) is 4.57 Å². The Morgan fingerprint density at radius 3 is 1.93 bits per heavy atom. The number of hydrogen-bond acceptors (Lipinski definition) is 2. The van der Waals surface area contributed by atoms with Gasteiger partial charge in [0.1, 0.15) is 0 Å². The van der Waals surface area contributed by atoms with E-state index in [9.17, 15) is 4.57 Å². The summed E-state index contributed by atoms with van der Waals surface area (Å²) in [5.41, 5.74) is 0. The quantitative estimate of drug-likeness (QED) is 0.736. The lowest BCUT2D eigenvalue weighted by Gasteiger charge is -2.33. The van der Waals surface area contributed by atoms with Crippen molar-refractivity contribution in [3.8, 4) is 0 Å². The molecule has 0 spiro atoms. The van der Waals surface area contributed by atoms with Gasteiger partial charge < -0.3 is 9.79 Å². The van der Waals surface area contributed by atoms with Crippen LogP contribution in [0.3, 0.4) is 0 Å². The second kappa shape index (κ2) is 5.44. The SMILES string of the molecule is CC[C@@H]1C[C@H](CC)C[C@H](OP(=O)(O)O)C1. The molecular weight excluding hydrogens is 215 g/mol. The van der Waals surface area contributed by atoms with E-state index in [1.54, 1.807) is 0 Å². The van der Waals surface area contributed by atoms with E-state index in [-0.39, 0.29) is 6.10 Å². The summed E-state index contributed by atoms with van der Waals surface area (Å²) in [4.78, 5) is 17.6. The first-order valence-corrected chi connectivity index (χ1v) is 7.21. The summed E-state index contributed by atoms with van der Waals surface area (Å²) >= 11 is 0. The van der Waals surface area contributed by atoms with Gasteiger partial charge in [0.2, 0.25) is 0 Å². The molecule has 1 saturated carbocycles. The first-order valence-electron chi connectivity index (χ1n) is 5.68. The summed E-state index contributed by atoms with van der Waals surface area (Å²) in [7, 11) is -4.31. The molecular formula is C10H21O4P. The van der Waals surface area contributed by atoms with Gasteiger partial charge in [-0.15, -0.1) is 0 Å². The van der Waals surface area contributed by atoms with E-state index >= 15 is 0 Å². The predicted molar refractivity (Wildman–Crippen MR) is 58.3 cm³/mol. The molecule has 1 rings (SSSR count). The van der Waals surface area contributed by atoms with Crippen LogP contribution in [0.15, 0.2) is 0 Å². The van der Waals surface area contributed by atoms with E-state index < -0.39 is 7.82 Å². The normalized spacial score (nSPS) is 32.9. The van der Waals surface area contributed by atoms with Gasteiger partial charge in [0, 0.05) is 0 Å². The zero-order chi connectivity index (χ0) is 11.5. The van der Waals surface area contributed by atoms with Crippen LogP contribution in [0.25, 0.3) is 0 Å². The first-order chi connectivity index (χ1) is 6.94. The van der Waals surface area contributed by atoms with Crippen LogP contribution in [-0.2, 0) is 9.09 Å². The van der Waals surface area contributed by atoms with E-state index in [1.807, 2.05) is 0 Å². The molecule has 0 unspecified atom stereocenters. The highest BCUT2D eigenvalue weighted by atomic mass is 31.2. The molecule has 1 aliphatic rings. The van der Waals surface area contributed by atoms with Crippen LogP contribution in [0.5, 0.6) is 0 Å². The van der Waals surface area contributed by atoms with Crippen molar-refractivity contribution < 1.29 is 18.9 Å². The van der Waals surface area contributed by atoms with Crippen molar-refractivity contribution >= 4 is 7.82 Å². The van der Waals surface area contributed by atoms with Gasteiger partial charge in [-0.3, -0.25) is 4.52 Å². The first kappa shape index (κ1) is 13.2. The minimum Gasteiger partial charge on any atom is -0.303 e. The zero-order valence-electron chi connectivity index (χ0n) is 9.43. The summed E-state index contributed by atoms with van der Waals surface area (Å²) < 4.78 is 15.6. The van der Waals surface area contributed by atoms with Crippen LogP contribution in [0.1, 0.15) is 46.0 Å². The molecule has 2 N–H and O–H groups in total. The molecule has 5 heteroatoms. The summed E-state index contributed by atoms with van der Waals surface area (Å²) in [6.45, 7) is 4.24. The minimum absolute atomic E-state index is 0.255. The van der Waals surface area contributed by atoms with Crippen molar-refractivity contribution in [1.29, 1.82) is 0 Å². The third kappa shape index (κ3) is 4.64. The Morgan fingerprint density at radius 2 is 1.60 bits per heavy atom. The van der Waals surface area contributed by atoms with Crippen LogP contribution < -0.4 is 0 Å². The molecule has 1 aliphatic carbocycles. The molecule has 90 valence electrons. The highest BCUT2D eigenvalue weighted by molar-refractivity contribution is 7.46. The third-order valence-corrected chi connectivity index (χ3v) is 3.87. The van der Waals surface area contributed by atoms with Crippen molar-refractivity contribution in [3.05, 3.63) is 0 Å². The fourth-order valence-electron chi connectivity index (χ4n) is 2.45. The van der Waals surface area contributed by atoms with Crippen molar-refractivity contribution in [1.82, 2.24) is 0 Å². The van der Waals surface area contributed by atoms with E-state index in [1.165, 1.54) is 6.42 Å². The maximum absolute atomic E-state index is 10.8. The molecule has 0 aromatic rings. The molecule has 0 saturated heterocycles. The molecule has 0 amide bonds. The van der Waals surface area contributed by atoms with Crippen LogP contribution in [-0.4, -0.2) is 15.9 Å². The van der Waals surface area contributed by atoms with Crippen molar-refractivity contribution in [3.63, 3.8) is 0 Å². The van der Waals surface area contributed by atoms with Gasteiger partial charge in [-0.2, -0.15) is 0 Å². The largest absolute Gasteiger partial charge is 0.469 e. The van der Waals surface area contributed by atoms with Crippen LogP contribution in [0.4, 0.5) is 0 Å². The highest BCUT2D eigenvalue weighted by Gasteiger charge is 2.31. The molecule has 0 bridgehead atoms. The zero-order valence-corrected chi connectivity index (χ0v) is 10.3. The molecule has 0 radical (unpaired) electrons. The fraction of sp³-hybridized carbons (Fsp3) is 1.00. The molecule has 3 atom stereocenters. The van der Waals surface area contributed by atoms with Gasteiger partial charge >= 0.3 is 7.82 Å². The molecule has 4 nitrogen and oxygen atoms in total. The highest BCUT2D eigenvalue weighted by Crippen LogP contribution is 2.44. The Bertz CT molecular complexity index is 226. The average Bonchev–Trinajstić information content (AvgIpc) is 2.14. The summed E-state index contributed by atoms with van der Waals surface area (Å²) in [6, 6.07) is 0. The van der Waals surface area contributed by atoms with Crippen molar-refractivity contribution in [2.75, 3.05) is 0 Å². The average molecular weight is 236 g/mol. The summed E-state index contributed by atoms with van der Waals surface area (Å²) in [5, 5.41) is 0. The van der Waals surface area contributed by atoms with Crippen LogP contribution >= 0.6 is 7.82 Å². The van der Waals surface area contributed by atoms with E-state index in [0.717, 1.165) is 25.7 Å². The van der Waals surface area contributed by atoms with Gasteiger partial charge in [-0.1, -0.05) is 26.7 Å². The molecule has 1 fully saturated rings. The van der Waals surface area contributed by atoms with E-state index in [4.69, 9.17) is 14.3 Å². The number of rotatable bonds is 4.